The largest absolute Gasteiger partial charge is 0.389 e. The number of hydrogen-bond donors (Lipinski definition) is 1. The monoisotopic (exact) mass is 270 g/mol. The maximum Gasteiger partial charge on any atom is 0.207 e. The van der Waals surface area contributed by atoms with Gasteiger partial charge in [0.15, 0.2) is 5.44 Å². The molecule has 4 nitrogen and oxygen atoms in total. The van der Waals surface area contributed by atoms with Gasteiger partial charge in [-0.25, -0.2) is 8.42 Å². The third-order valence-corrected chi connectivity index (χ3v) is 5.27. The molecule has 5 heteroatoms. The maximum atomic E-state index is 12.4. The lowest BCUT2D eigenvalue weighted by Crippen LogP contribution is -2.37. The van der Waals surface area contributed by atoms with Gasteiger partial charge in [0.2, 0.25) is 9.84 Å². The van der Waals surface area contributed by atoms with Crippen LogP contribution in [-0.4, -0.2) is 31.7 Å². The predicted octanol–water partition coefficient (Wildman–Crippen LogP) is 1.51. The molecule has 1 aliphatic heterocycles. The fraction of sp³-hybridized carbons (Fsp3) is 0.538. The van der Waals surface area contributed by atoms with Crippen LogP contribution in [0.15, 0.2) is 29.2 Å². The lowest BCUT2D eigenvalue weighted by atomic mass is 9.90. The Labute approximate surface area is 108 Å². The number of ether oxygens (including phenoxy) is 1. The maximum absolute atomic E-state index is 12.4. The van der Waals surface area contributed by atoms with Crippen molar-refractivity contribution < 1.29 is 18.3 Å². The molecule has 0 aromatic heterocycles. The van der Waals surface area contributed by atoms with Crippen molar-refractivity contribution >= 4 is 9.84 Å². The molecule has 1 N–H and O–H groups in total. The fourth-order valence-electron chi connectivity index (χ4n) is 1.96. The van der Waals surface area contributed by atoms with Gasteiger partial charge in [0.25, 0.3) is 0 Å². The Hall–Kier alpha value is -0.910. The van der Waals surface area contributed by atoms with E-state index in [1.165, 1.54) is 0 Å². The highest BCUT2D eigenvalue weighted by atomic mass is 32.2. The Bertz CT molecular complexity index is 531. The molecule has 1 aliphatic rings. The number of hydrogen-bond acceptors (Lipinski definition) is 4. The Morgan fingerprint density at radius 1 is 1.28 bits per heavy atom. The Morgan fingerprint density at radius 2 is 1.83 bits per heavy atom. The molecule has 0 radical (unpaired) electrons. The zero-order chi connectivity index (χ0) is 13.6. The van der Waals surface area contributed by atoms with E-state index in [4.69, 9.17) is 4.74 Å². The van der Waals surface area contributed by atoms with Crippen LogP contribution in [0.2, 0.25) is 0 Å². The summed E-state index contributed by atoms with van der Waals surface area (Å²) < 4.78 is 30.0. The highest BCUT2D eigenvalue weighted by molar-refractivity contribution is 7.92. The molecule has 0 bridgehead atoms. The Kier molecular flexibility index (Phi) is 3.25. The van der Waals surface area contributed by atoms with Crippen LogP contribution in [0.3, 0.4) is 0 Å². The number of sulfone groups is 1. The zero-order valence-corrected chi connectivity index (χ0v) is 11.6. The quantitative estimate of drug-likeness (QED) is 0.885. The van der Waals surface area contributed by atoms with Crippen LogP contribution in [-0.2, 0) is 14.6 Å². The number of aliphatic hydroxyl groups is 1. The van der Waals surface area contributed by atoms with Gasteiger partial charge in [-0.2, -0.15) is 0 Å². The second-order valence-corrected chi connectivity index (χ2v) is 7.50. The van der Waals surface area contributed by atoms with Crippen LogP contribution in [0.4, 0.5) is 0 Å². The first-order valence-electron chi connectivity index (χ1n) is 5.85. The summed E-state index contributed by atoms with van der Waals surface area (Å²) in [5, 5.41) is 10.1. The average molecular weight is 270 g/mol. The van der Waals surface area contributed by atoms with Gasteiger partial charge in [-0.15, -0.1) is 0 Å². The molecule has 0 saturated carbocycles. The van der Waals surface area contributed by atoms with E-state index in [2.05, 4.69) is 0 Å². The normalized spacial score (nSPS) is 27.3. The summed E-state index contributed by atoms with van der Waals surface area (Å²) in [5.74, 6) is 0. The molecule has 1 saturated heterocycles. The first kappa shape index (κ1) is 13.5. The van der Waals surface area contributed by atoms with Gasteiger partial charge in [0.05, 0.1) is 11.5 Å². The molecule has 2 rings (SSSR count). The van der Waals surface area contributed by atoms with E-state index < -0.39 is 26.8 Å². The third kappa shape index (κ3) is 2.18. The summed E-state index contributed by atoms with van der Waals surface area (Å²) in [5.41, 5.74) is -0.722. The van der Waals surface area contributed by atoms with E-state index in [0.29, 0.717) is 0 Å². The van der Waals surface area contributed by atoms with E-state index in [9.17, 15) is 13.5 Å². The second kappa shape index (κ2) is 4.33. The minimum atomic E-state index is -3.65. The number of aryl methyl sites for hydroxylation is 1. The summed E-state index contributed by atoms with van der Waals surface area (Å²) >= 11 is 0. The highest BCUT2D eigenvalue weighted by Crippen LogP contribution is 2.36. The Morgan fingerprint density at radius 3 is 2.28 bits per heavy atom. The van der Waals surface area contributed by atoms with Gasteiger partial charge >= 0.3 is 0 Å². The third-order valence-electron chi connectivity index (χ3n) is 3.33. The number of benzene rings is 1. The summed E-state index contributed by atoms with van der Waals surface area (Å²) in [6, 6.07) is 6.57. The first-order chi connectivity index (χ1) is 8.25. The molecule has 100 valence electrons. The Balaban J connectivity index is 2.36. The fourth-order valence-corrected chi connectivity index (χ4v) is 3.70. The van der Waals surface area contributed by atoms with E-state index in [1.54, 1.807) is 38.1 Å². The van der Waals surface area contributed by atoms with Gasteiger partial charge in [-0.05, 0) is 19.1 Å². The van der Waals surface area contributed by atoms with Crippen molar-refractivity contribution in [1.82, 2.24) is 0 Å². The summed E-state index contributed by atoms with van der Waals surface area (Å²) in [7, 11) is -3.65. The van der Waals surface area contributed by atoms with Crippen LogP contribution in [0, 0.1) is 12.3 Å². The molecule has 1 fully saturated rings. The average Bonchev–Trinajstić information content (AvgIpc) is 2.55. The molecule has 0 spiro atoms. The molecule has 1 aromatic carbocycles. The van der Waals surface area contributed by atoms with Crippen molar-refractivity contribution in [3.05, 3.63) is 29.8 Å². The summed E-state index contributed by atoms with van der Waals surface area (Å²) in [6.07, 6.45) is -1.01. The number of aliphatic hydroxyl groups excluding tert-OH is 1. The smallest absolute Gasteiger partial charge is 0.207 e. The van der Waals surface area contributed by atoms with Crippen LogP contribution in [0.25, 0.3) is 0 Å². The second-order valence-electron chi connectivity index (χ2n) is 5.47. The van der Waals surface area contributed by atoms with Crippen LogP contribution < -0.4 is 0 Å². The minimum absolute atomic E-state index is 0.190. The van der Waals surface area contributed by atoms with Crippen LogP contribution in [0.1, 0.15) is 19.4 Å². The topological polar surface area (TPSA) is 63.6 Å². The van der Waals surface area contributed by atoms with E-state index >= 15 is 0 Å². The van der Waals surface area contributed by atoms with Crippen molar-refractivity contribution in [3.8, 4) is 0 Å². The van der Waals surface area contributed by atoms with Crippen LogP contribution in [0.5, 0.6) is 0 Å². The van der Waals surface area contributed by atoms with Crippen molar-refractivity contribution in [2.75, 3.05) is 6.61 Å². The van der Waals surface area contributed by atoms with E-state index in [0.717, 1.165) is 5.56 Å². The molecular formula is C13H18O4S. The summed E-state index contributed by atoms with van der Waals surface area (Å²) in [4.78, 5) is 0.190. The molecule has 0 unspecified atom stereocenters. The molecule has 0 aliphatic carbocycles. The van der Waals surface area contributed by atoms with Gasteiger partial charge in [-0.3, -0.25) is 0 Å². The standard InChI is InChI=1S/C13H18O4S/c1-9-4-6-10(7-5-9)18(15,16)12-11(14)13(2,3)8-17-12/h4-7,11-12,14H,8H2,1-3H3/t11-,12-/m0/s1. The molecule has 1 heterocycles. The molecule has 2 atom stereocenters. The van der Waals surface area contributed by atoms with Gasteiger partial charge < -0.3 is 9.84 Å². The summed E-state index contributed by atoms with van der Waals surface area (Å²) in [6.45, 7) is 5.72. The van der Waals surface area contributed by atoms with Crippen LogP contribution >= 0.6 is 0 Å². The van der Waals surface area contributed by atoms with Crippen molar-refractivity contribution in [2.24, 2.45) is 5.41 Å². The lowest BCUT2D eigenvalue weighted by Gasteiger charge is -2.22. The molecular weight excluding hydrogens is 252 g/mol. The van der Waals surface area contributed by atoms with Crippen molar-refractivity contribution in [1.29, 1.82) is 0 Å². The van der Waals surface area contributed by atoms with E-state index in [1.807, 2.05) is 6.92 Å². The predicted molar refractivity (Wildman–Crippen MR) is 67.9 cm³/mol. The van der Waals surface area contributed by atoms with Crippen molar-refractivity contribution in [2.45, 2.75) is 37.2 Å². The minimum Gasteiger partial charge on any atom is -0.389 e. The molecule has 18 heavy (non-hydrogen) atoms. The zero-order valence-electron chi connectivity index (χ0n) is 10.8. The first-order valence-corrected chi connectivity index (χ1v) is 7.40. The van der Waals surface area contributed by atoms with Gasteiger partial charge in [-0.1, -0.05) is 31.5 Å². The SMILES string of the molecule is Cc1ccc(S(=O)(=O)[C@@H]2OCC(C)(C)[C@H]2O)cc1. The highest BCUT2D eigenvalue weighted by Gasteiger charge is 2.48. The van der Waals surface area contributed by atoms with Gasteiger partial charge in [0, 0.05) is 5.41 Å². The number of rotatable bonds is 2. The van der Waals surface area contributed by atoms with E-state index in [-0.39, 0.29) is 11.5 Å². The van der Waals surface area contributed by atoms with Gasteiger partial charge in [0.1, 0.15) is 6.10 Å². The molecule has 1 aromatic rings. The lowest BCUT2D eigenvalue weighted by molar-refractivity contribution is 0.0741. The molecule has 0 amide bonds. The van der Waals surface area contributed by atoms with Crippen molar-refractivity contribution in [3.63, 3.8) is 0 Å².